The van der Waals surface area contributed by atoms with Gasteiger partial charge in [-0.15, -0.1) is 24.8 Å². The highest BCUT2D eigenvalue weighted by molar-refractivity contribution is 6.21. The van der Waals surface area contributed by atoms with E-state index in [4.69, 9.17) is 0 Å². The van der Waals surface area contributed by atoms with Crippen LogP contribution in [0.15, 0.2) is 68.7 Å². The molecule has 0 saturated heterocycles. The van der Waals surface area contributed by atoms with E-state index >= 15 is 0 Å². The molecule has 0 bridgehead atoms. The summed E-state index contributed by atoms with van der Waals surface area (Å²) < 4.78 is 0. The van der Waals surface area contributed by atoms with Gasteiger partial charge in [-0.25, -0.2) is 10.9 Å². The van der Waals surface area contributed by atoms with Crippen LogP contribution in [0, 0.1) is 10.8 Å². The molecule has 2 heterocycles. The van der Waals surface area contributed by atoms with E-state index in [0.29, 0.717) is 10.8 Å². The van der Waals surface area contributed by atoms with Gasteiger partial charge in [0, 0.05) is 35.0 Å². The van der Waals surface area contributed by atoms with Crippen LogP contribution in [0.3, 0.4) is 0 Å². The lowest BCUT2D eigenvalue weighted by Crippen LogP contribution is -2.43. The third-order valence-corrected chi connectivity index (χ3v) is 8.06. The van der Waals surface area contributed by atoms with Crippen molar-refractivity contribution in [3.63, 3.8) is 0 Å². The molecule has 0 atom stereocenters. The van der Waals surface area contributed by atoms with Gasteiger partial charge in [0.15, 0.2) is 0 Å². The number of rotatable bonds is 4. The maximum Gasteiger partial charge on any atom is 0.212 e. The van der Waals surface area contributed by atoms with E-state index in [0.717, 1.165) is 70.8 Å². The lowest BCUT2D eigenvalue weighted by atomic mass is 9.92. The number of hydrazone groups is 2. The van der Waals surface area contributed by atoms with Crippen molar-refractivity contribution in [1.82, 2.24) is 21.5 Å². The van der Waals surface area contributed by atoms with E-state index in [1.165, 1.54) is 25.7 Å². The molecule has 0 unspecified atom stereocenters. The van der Waals surface area contributed by atoms with Crippen LogP contribution in [0.25, 0.3) is 21.5 Å². The Kier molecular flexibility index (Phi) is 7.20. The molecule has 2 spiro atoms. The summed E-state index contributed by atoms with van der Waals surface area (Å²) in [5.41, 5.74) is 9.19. The Labute approximate surface area is 234 Å². The summed E-state index contributed by atoms with van der Waals surface area (Å²) in [6.45, 7) is 3.72. The Morgan fingerprint density at radius 1 is 0.632 bits per heavy atom. The molecule has 3 aromatic rings. The van der Waals surface area contributed by atoms with Crippen LogP contribution in [-0.2, 0) is 0 Å². The summed E-state index contributed by atoms with van der Waals surface area (Å²) >= 11 is 0. The Morgan fingerprint density at radius 2 is 1.00 bits per heavy atom. The van der Waals surface area contributed by atoms with Gasteiger partial charge in [-0.05, 0) is 47.2 Å². The summed E-state index contributed by atoms with van der Waals surface area (Å²) in [6.07, 6.45) is 8.90. The molecule has 2 saturated carbocycles. The van der Waals surface area contributed by atoms with Crippen molar-refractivity contribution >= 4 is 70.7 Å². The summed E-state index contributed by atoms with van der Waals surface area (Å²) in [7, 11) is 0. The van der Waals surface area contributed by atoms with Gasteiger partial charge in [-0.2, -0.15) is 10.2 Å². The maximum atomic E-state index is 4.64. The fourth-order valence-electron chi connectivity index (χ4n) is 5.22. The third kappa shape index (κ3) is 5.02. The third-order valence-electron chi connectivity index (χ3n) is 8.06. The number of nitrogens with one attached hydrogen (secondary N) is 4. The predicted molar refractivity (Wildman–Crippen MR) is 161 cm³/mol. The molecule has 38 heavy (non-hydrogen) atoms. The Bertz CT molecular complexity index is 1300. The van der Waals surface area contributed by atoms with Crippen LogP contribution in [0.2, 0.25) is 0 Å². The number of hydrogen-bond donors (Lipinski definition) is 4. The number of benzene rings is 3. The second-order valence-corrected chi connectivity index (χ2v) is 10.7. The molecule has 8 nitrogen and oxygen atoms in total. The van der Waals surface area contributed by atoms with Crippen LogP contribution >= 0.6 is 24.8 Å². The molecule has 0 aromatic heterocycles. The van der Waals surface area contributed by atoms with E-state index in [2.05, 4.69) is 90.2 Å². The number of fused-ring (bicyclic) bond motifs is 2. The van der Waals surface area contributed by atoms with Crippen LogP contribution in [0.5, 0.6) is 0 Å². The zero-order chi connectivity index (χ0) is 24.0. The number of aliphatic imine (C=N–C) groups is 2. The van der Waals surface area contributed by atoms with Crippen molar-refractivity contribution in [2.75, 3.05) is 26.2 Å². The molecular formula is C28H32Cl2N8. The van der Waals surface area contributed by atoms with Crippen LogP contribution in [0.4, 0.5) is 0 Å². The van der Waals surface area contributed by atoms with Crippen molar-refractivity contribution < 1.29 is 0 Å². The van der Waals surface area contributed by atoms with Crippen molar-refractivity contribution in [3.8, 4) is 0 Å². The van der Waals surface area contributed by atoms with Gasteiger partial charge >= 0.3 is 0 Å². The fraction of sp³-hybridized carbons (Fsp3) is 0.357. The lowest BCUT2D eigenvalue weighted by Gasteiger charge is -2.21. The monoisotopic (exact) mass is 550 g/mol. The minimum atomic E-state index is 0. The summed E-state index contributed by atoms with van der Waals surface area (Å²) in [6, 6.07) is 16.8. The van der Waals surface area contributed by atoms with Crippen molar-refractivity contribution in [3.05, 3.63) is 59.7 Å². The highest BCUT2D eigenvalue weighted by Gasteiger charge is 2.44. The largest absolute Gasteiger partial charge is 0.354 e. The molecule has 2 fully saturated rings. The number of guanidine groups is 2. The van der Waals surface area contributed by atoms with E-state index < -0.39 is 0 Å². The number of hydrogen-bond acceptors (Lipinski definition) is 8. The van der Waals surface area contributed by atoms with Gasteiger partial charge in [0.05, 0.1) is 25.5 Å². The molecular weight excluding hydrogens is 519 g/mol. The minimum absolute atomic E-state index is 0. The van der Waals surface area contributed by atoms with Crippen molar-refractivity contribution in [2.45, 2.75) is 25.7 Å². The normalized spacial score (nSPS) is 20.3. The molecule has 7 rings (SSSR count). The van der Waals surface area contributed by atoms with E-state index in [1.807, 2.05) is 12.4 Å². The predicted octanol–water partition coefficient (Wildman–Crippen LogP) is 4.16. The Balaban J connectivity index is 0.00000147. The van der Waals surface area contributed by atoms with Gasteiger partial charge < -0.3 is 10.6 Å². The van der Waals surface area contributed by atoms with Crippen LogP contribution in [-0.4, -0.2) is 50.5 Å². The average Bonchev–Trinajstić information content (AvgIpc) is 3.86. The quantitative estimate of drug-likeness (QED) is 0.222. The van der Waals surface area contributed by atoms with Gasteiger partial charge in [0.25, 0.3) is 0 Å². The molecule has 0 amide bonds. The minimum Gasteiger partial charge on any atom is -0.354 e. The first-order chi connectivity index (χ1) is 17.7. The van der Waals surface area contributed by atoms with Gasteiger partial charge in [0.2, 0.25) is 11.9 Å². The molecule has 4 N–H and O–H groups in total. The van der Waals surface area contributed by atoms with Gasteiger partial charge in [-0.3, -0.25) is 9.98 Å². The fourth-order valence-corrected chi connectivity index (χ4v) is 5.22. The maximum absolute atomic E-state index is 4.64. The molecule has 2 aliphatic carbocycles. The lowest BCUT2D eigenvalue weighted by molar-refractivity contribution is 0.483. The van der Waals surface area contributed by atoms with Crippen LogP contribution < -0.4 is 21.5 Å². The number of nitrogens with zero attached hydrogens (tertiary/aromatic N) is 4. The van der Waals surface area contributed by atoms with E-state index in [9.17, 15) is 0 Å². The first-order valence-corrected chi connectivity index (χ1v) is 12.8. The SMILES string of the molecule is C(=N\NC1=NCC2(CC2)CN1)/c1c2ccccc2c(/C=N/NC2=NCC3(CC3)CN2)c2ccccc12.Cl.Cl. The second-order valence-electron chi connectivity index (χ2n) is 10.7. The van der Waals surface area contributed by atoms with Gasteiger partial charge in [-0.1, -0.05) is 48.5 Å². The Morgan fingerprint density at radius 3 is 1.29 bits per heavy atom. The first kappa shape index (κ1) is 26.3. The topological polar surface area (TPSA) is 97.6 Å². The molecule has 2 aliphatic heterocycles. The molecule has 4 aliphatic rings. The molecule has 10 heteroatoms. The molecule has 3 aromatic carbocycles. The second kappa shape index (κ2) is 10.4. The molecule has 0 radical (unpaired) electrons. The Hall–Kier alpha value is -3.36. The zero-order valence-corrected chi connectivity index (χ0v) is 22.7. The summed E-state index contributed by atoms with van der Waals surface area (Å²) in [5.74, 6) is 1.50. The summed E-state index contributed by atoms with van der Waals surface area (Å²) in [4.78, 5) is 9.28. The van der Waals surface area contributed by atoms with E-state index in [1.54, 1.807) is 0 Å². The highest BCUT2D eigenvalue weighted by Crippen LogP contribution is 2.46. The first-order valence-electron chi connectivity index (χ1n) is 12.8. The smallest absolute Gasteiger partial charge is 0.212 e. The summed E-state index contributed by atoms with van der Waals surface area (Å²) in [5, 5.41) is 20.4. The molecule has 198 valence electrons. The highest BCUT2D eigenvalue weighted by atomic mass is 35.5. The zero-order valence-electron chi connectivity index (χ0n) is 21.0. The van der Waals surface area contributed by atoms with E-state index in [-0.39, 0.29) is 24.8 Å². The number of halogens is 2. The van der Waals surface area contributed by atoms with Crippen molar-refractivity contribution in [1.29, 1.82) is 0 Å². The average molecular weight is 552 g/mol. The van der Waals surface area contributed by atoms with Gasteiger partial charge in [0.1, 0.15) is 0 Å². The van der Waals surface area contributed by atoms with Crippen molar-refractivity contribution in [2.24, 2.45) is 31.0 Å². The van der Waals surface area contributed by atoms with Crippen LogP contribution in [0.1, 0.15) is 36.8 Å². The standard InChI is InChI=1S/C28H30N8.2ClH/c1-2-6-20-19(5-1)23(13-33-35-25-29-15-27(9-10-27)16-30-25)21-7-3-4-8-22(21)24(20)14-34-36-26-31-17-28(11-12-28)18-32-26;;/h1-8,13-14H,9-12,15-18H2,(H2,29,30,35)(H2,31,32,36);2*1H/b33-13+,34-14+;;.